The summed E-state index contributed by atoms with van der Waals surface area (Å²) in [7, 11) is 0. The summed E-state index contributed by atoms with van der Waals surface area (Å²) in [5, 5.41) is 8.22. The van der Waals surface area contributed by atoms with Crippen molar-refractivity contribution in [1.29, 1.82) is 0 Å². The van der Waals surface area contributed by atoms with Crippen LogP contribution in [0.3, 0.4) is 0 Å². The molecule has 2 aromatic heterocycles. The minimum absolute atomic E-state index is 0.0128. The standard InChI is InChI=1S/C9H2F2O6/c10-9(11,8(13)14)17-5-3-1-2-4(15-3)6(5)16-7(2)12/h1H,(H,13,14). The van der Waals surface area contributed by atoms with Crippen LogP contribution < -0.4 is 9.47 Å². The van der Waals surface area contributed by atoms with Crippen molar-refractivity contribution >= 4 is 23.1 Å². The fourth-order valence-electron chi connectivity index (χ4n) is 1.55. The van der Waals surface area contributed by atoms with Gasteiger partial charge in [-0.05, 0) is 0 Å². The van der Waals surface area contributed by atoms with Gasteiger partial charge in [-0.1, -0.05) is 0 Å². The number of carbonyl (C=O) groups excluding carboxylic acids is 1. The summed E-state index contributed by atoms with van der Waals surface area (Å²) < 4.78 is 39.3. The third-order valence-corrected chi connectivity index (χ3v) is 2.26. The van der Waals surface area contributed by atoms with Gasteiger partial charge < -0.3 is 19.0 Å². The molecule has 17 heavy (non-hydrogen) atoms. The van der Waals surface area contributed by atoms with Crippen LogP contribution >= 0.6 is 0 Å². The molecule has 0 unspecified atom stereocenters. The van der Waals surface area contributed by atoms with Gasteiger partial charge in [0, 0.05) is 6.07 Å². The lowest BCUT2D eigenvalue weighted by Gasteiger charge is -2.12. The first-order valence-corrected chi connectivity index (χ1v) is 4.31. The Hall–Kier alpha value is -2.38. The number of hydrogen-bond donors (Lipinski definition) is 1. The van der Waals surface area contributed by atoms with E-state index in [1.54, 1.807) is 0 Å². The number of hydrogen-bond acceptors (Lipinski definition) is 5. The molecule has 3 rings (SSSR count). The number of alkyl halides is 2. The summed E-state index contributed by atoms with van der Waals surface area (Å²) in [6, 6.07) is 1.15. The monoisotopic (exact) mass is 244 g/mol. The van der Waals surface area contributed by atoms with Gasteiger partial charge in [0.05, 0.1) is 0 Å². The first kappa shape index (κ1) is 9.82. The average Bonchev–Trinajstić information content (AvgIpc) is 2.81. The Labute approximate surface area is 90.7 Å². The number of ether oxygens (including phenoxy) is 2. The van der Waals surface area contributed by atoms with Gasteiger partial charge in [0.2, 0.25) is 11.5 Å². The molecule has 3 heterocycles. The molecule has 1 aliphatic rings. The van der Waals surface area contributed by atoms with Crippen LogP contribution in [0.15, 0.2) is 10.5 Å². The van der Waals surface area contributed by atoms with Crippen molar-refractivity contribution in [3.63, 3.8) is 0 Å². The molecule has 0 saturated heterocycles. The number of esters is 1. The van der Waals surface area contributed by atoms with Crippen LogP contribution in [-0.4, -0.2) is 23.2 Å². The highest BCUT2D eigenvalue weighted by molar-refractivity contribution is 6.10. The van der Waals surface area contributed by atoms with E-state index in [0.29, 0.717) is 0 Å². The quantitative estimate of drug-likeness (QED) is 0.822. The minimum atomic E-state index is -4.42. The SMILES string of the molecule is O=C1Oc2c(OC(F)(F)C(=O)O)c3cc1c2o3. The third-order valence-electron chi connectivity index (χ3n) is 2.26. The van der Waals surface area contributed by atoms with E-state index in [2.05, 4.69) is 9.47 Å². The molecule has 0 spiro atoms. The van der Waals surface area contributed by atoms with Crippen LogP contribution in [0.2, 0.25) is 0 Å². The predicted octanol–water partition coefficient (Wildman–Crippen LogP) is 1.46. The van der Waals surface area contributed by atoms with Crippen molar-refractivity contribution in [2.75, 3.05) is 0 Å². The molecule has 0 atom stereocenters. The number of furan rings is 2. The van der Waals surface area contributed by atoms with E-state index in [0.717, 1.165) is 6.07 Å². The van der Waals surface area contributed by atoms with Crippen LogP contribution in [0.5, 0.6) is 11.5 Å². The Morgan fingerprint density at radius 1 is 1.47 bits per heavy atom. The molecule has 2 aromatic rings. The molecule has 0 aromatic carbocycles. The molecule has 0 fully saturated rings. The molecule has 0 radical (unpaired) electrons. The van der Waals surface area contributed by atoms with Gasteiger partial charge in [0.1, 0.15) is 5.56 Å². The van der Waals surface area contributed by atoms with Crippen molar-refractivity contribution in [2.45, 2.75) is 6.11 Å². The number of halogens is 2. The van der Waals surface area contributed by atoms with Gasteiger partial charge in [-0.2, -0.15) is 8.78 Å². The minimum Gasteiger partial charge on any atom is -0.474 e. The van der Waals surface area contributed by atoms with Crippen molar-refractivity contribution < 1.29 is 37.4 Å². The van der Waals surface area contributed by atoms with Gasteiger partial charge in [-0.15, -0.1) is 0 Å². The molecular formula is C9H2F2O6. The summed E-state index contributed by atoms with van der Waals surface area (Å²) >= 11 is 0. The molecule has 2 bridgehead atoms. The van der Waals surface area contributed by atoms with Crippen LogP contribution in [0.25, 0.3) is 11.2 Å². The van der Waals surface area contributed by atoms with Crippen LogP contribution in [0.1, 0.15) is 10.4 Å². The Morgan fingerprint density at radius 2 is 2.18 bits per heavy atom. The molecule has 0 amide bonds. The van der Waals surface area contributed by atoms with E-state index in [1.165, 1.54) is 0 Å². The van der Waals surface area contributed by atoms with Gasteiger partial charge in [0.15, 0.2) is 11.2 Å². The second-order valence-corrected chi connectivity index (χ2v) is 3.33. The molecular weight excluding hydrogens is 242 g/mol. The van der Waals surface area contributed by atoms with Crippen molar-refractivity contribution in [1.82, 2.24) is 0 Å². The highest BCUT2D eigenvalue weighted by Gasteiger charge is 2.46. The Morgan fingerprint density at radius 3 is 2.82 bits per heavy atom. The second-order valence-electron chi connectivity index (χ2n) is 3.33. The number of rotatable bonds is 3. The zero-order valence-electron chi connectivity index (χ0n) is 7.82. The van der Waals surface area contributed by atoms with Gasteiger partial charge in [0.25, 0.3) is 0 Å². The van der Waals surface area contributed by atoms with Crippen LogP contribution in [0.4, 0.5) is 8.78 Å². The van der Waals surface area contributed by atoms with Crippen molar-refractivity contribution in [3.8, 4) is 11.5 Å². The van der Waals surface area contributed by atoms with Crippen LogP contribution in [0, 0.1) is 0 Å². The third kappa shape index (κ3) is 1.11. The summed E-state index contributed by atoms with van der Waals surface area (Å²) in [5.74, 6) is -4.08. The van der Waals surface area contributed by atoms with E-state index >= 15 is 0 Å². The topological polar surface area (TPSA) is 86.0 Å². The maximum atomic E-state index is 12.8. The van der Waals surface area contributed by atoms with Gasteiger partial charge in [-0.3, -0.25) is 0 Å². The van der Waals surface area contributed by atoms with Gasteiger partial charge in [-0.25, -0.2) is 9.59 Å². The average molecular weight is 244 g/mol. The van der Waals surface area contributed by atoms with E-state index in [9.17, 15) is 18.4 Å². The zero-order valence-corrected chi connectivity index (χ0v) is 7.82. The molecule has 0 saturated carbocycles. The molecule has 0 aliphatic carbocycles. The maximum Gasteiger partial charge on any atom is 0.502 e. The smallest absolute Gasteiger partial charge is 0.474 e. The predicted molar refractivity (Wildman–Crippen MR) is 45.6 cm³/mol. The number of aliphatic carboxylic acids is 1. The fourth-order valence-corrected chi connectivity index (χ4v) is 1.55. The molecule has 1 aliphatic heterocycles. The Bertz CT molecular complexity index is 643. The first-order valence-electron chi connectivity index (χ1n) is 4.31. The van der Waals surface area contributed by atoms with E-state index < -0.39 is 23.8 Å². The maximum absolute atomic E-state index is 12.8. The number of carbonyl (C=O) groups is 2. The van der Waals surface area contributed by atoms with Crippen molar-refractivity contribution in [3.05, 3.63) is 11.6 Å². The summed E-state index contributed by atoms with van der Waals surface area (Å²) in [6.07, 6.45) is -4.42. The number of carboxylic acid groups (broad SMARTS) is 1. The Balaban J connectivity index is 2.05. The molecule has 6 nitrogen and oxygen atoms in total. The van der Waals surface area contributed by atoms with Crippen molar-refractivity contribution in [2.24, 2.45) is 0 Å². The lowest BCUT2D eigenvalue weighted by molar-refractivity contribution is -0.210. The van der Waals surface area contributed by atoms with Crippen LogP contribution in [-0.2, 0) is 4.79 Å². The second kappa shape index (κ2) is 2.65. The lowest BCUT2D eigenvalue weighted by Crippen LogP contribution is -2.34. The number of carboxylic acids is 1. The molecule has 88 valence electrons. The number of benzene rings is 1. The largest absolute Gasteiger partial charge is 0.502 e. The highest BCUT2D eigenvalue weighted by atomic mass is 19.3. The van der Waals surface area contributed by atoms with E-state index in [1.807, 2.05) is 0 Å². The highest BCUT2D eigenvalue weighted by Crippen LogP contribution is 2.50. The molecule has 1 N–H and O–H groups in total. The normalized spacial score (nSPS) is 14.4. The summed E-state index contributed by atoms with van der Waals surface area (Å²) in [4.78, 5) is 21.3. The van der Waals surface area contributed by atoms with E-state index in [-0.39, 0.29) is 22.5 Å². The zero-order chi connectivity index (χ0) is 12.4. The number of fused-ring (bicyclic) bond motifs is 1. The summed E-state index contributed by atoms with van der Waals surface area (Å²) in [6.45, 7) is 0. The fraction of sp³-hybridized carbons (Fsp3) is 0.111. The van der Waals surface area contributed by atoms with E-state index in [4.69, 9.17) is 9.52 Å². The Kier molecular flexibility index (Phi) is 1.53. The first-order chi connectivity index (χ1) is 7.90. The van der Waals surface area contributed by atoms with Gasteiger partial charge >= 0.3 is 18.0 Å². The molecule has 8 heteroatoms. The lowest BCUT2D eigenvalue weighted by atomic mass is 10.2. The summed E-state index contributed by atoms with van der Waals surface area (Å²) in [5.41, 5.74) is -0.0565.